The summed E-state index contributed by atoms with van der Waals surface area (Å²) in [5.74, 6) is 2.97. The lowest BCUT2D eigenvalue weighted by Crippen LogP contribution is -2.35. The van der Waals surface area contributed by atoms with Gasteiger partial charge in [-0.05, 0) is 18.8 Å². The van der Waals surface area contributed by atoms with E-state index >= 15 is 0 Å². The highest BCUT2D eigenvalue weighted by Crippen LogP contribution is 2.33. The van der Waals surface area contributed by atoms with E-state index in [1.54, 1.807) is 20.5 Å². The van der Waals surface area contributed by atoms with Crippen LogP contribution in [0.4, 0.5) is 11.6 Å². The Kier molecular flexibility index (Phi) is 4.79. The van der Waals surface area contributed by atoms with E-state index in [1.807, 2.05) is 7.05 Å². The first-order valence-corrected chi connectivity index (χ1v) is 6.60. The molecule has 1 aliphatic heterocycles. The van der Waals surface area contributed by atoms with Crippen LogP contribution in [0.15, 0.2) is 6.33 Å². The first-order chi connectivity index (χ1) is 9.30. The molecular formula is C13H22N4O2. The zero-order valence-electron chi connectivity index (χ0n) is 11.8. The lowest BCUT2D eigenvalue weighted by atomic mass is 9.98. The van der Waals surface area contributed by atoms with Gasteiger partial charge < -0.3 is 19.7 Å². The summed E-state index contributed by atoms with van der Waals surface area (Å²) in [6.45, 7) is 2.80. The molecule has 0 amide bonds. The lowest BCUT2D eigenvalue weighted by molar-refractivity contribution is 0.139. The van der Waals surface area contributed by atoms with E-state index in [9.17, 15) is 0 Å². The molecule has 1 N–H and O–H groups in total. The molecule has 2 heterocycles. The monoisotopic (exact) mass is 266 g/mol. The predicted octanol–water partition coefficient (Wildman–Crippen LogP) is 1.39. The van der Waals surface area contributed by atoms with Gasteiger partial charge in [0.15, 0.2) is 11.6 Å². The molecule has 1 aromatic heterocycles. The highest BCUT2D eigenvalue weighted by molar-refractivity contribution is 5.64. The molecule has 6 heteroatoms. The van der Waals surface area contributed by atoms with Crippen LogP contribution in [0.2, 0.25) is 0 Å². The third kappa shape index (κ3) is 3.07. The Labute approximate surface area is 114 Å². The van der Waals surface area contributed by atoms with Crippen molar-refractivity contribution in [3.05, 3.63) is 6.33 Å². The van der Waals surface area contributed by atoms with Crippen LogP contribution in [0.3, 0.4) is 0 Å². The summed E-state index contributed by atoms with van der Waals surface area (Å²) in [4.78, 5) is 10.8. The number of methoxy groups -OCH3 is 2. The molecule has 1 aromatic rings. The molecule has 0 atom stereocenters. The molecule has 1 fully saturated rings. The summed E-state index contributed by atoms with van der Waals surface area (Å²) in [7, 11) is 5.25. The van der Waals surface area contributed by atoms with Gasteiger partial charge in [0.1, 0.15) is 6.33 Å². The molecular weight excluding hydrogens is 244 g/mol. The number of rotatable bonds is 5. The maximum atomic E-state index is 5.44. The smallest absolute Gasteiger partial charge is 0.204 e. The van der Waals surface area contributed by atoms with Gasteiger partial charge in [-0.3, -0.25) is 0 Å². The van der Waals surface area contributed by atoms with E-state index in [2.05, 4.69) is 20.2 Å². The van der Waals surface area contributed by atoms with E-state index in [0.717, 1.165) is 49.9 Å². The van der Waals surface area contributed by atoms with E-state index in [1.165, 1.54) is 0 Å². The second-order valence-electron chi connectivity index (χ2n) is 4.71. The topological polar surface area (TPSA) is 59.5 Å². The van der Waals surface area contributed by atoms with Crippen molar-refractivity contribution in [1.29, 1.82) is 0 Å². The molecule has 0 spiro atoms. The van der Waals surface area contributed by atoms with Crippen LogP contribution in [-0.2, 0) is 4.74 Å². The summed E-state index contributed by atoms with van der Waals surface area (Å²) in [6.07, 6.45) is 3.82. The van der Waals surface area contributed by atoms with Gasteiger partial charge in [0.05, 0.1) is 7.11 Å². The zero-order chi connectivity index (χ0) is 13.7. The molecule has 1 saturated heterocycles. The Morgan fingerprint density at radius 2 is 2.05 bits per heavy atom. The van der Waals surface area contributed by atoms with Crippen LogP contribution in [0, 0.1) is 5.92 Å². The van der Waals surface area contributed by atoms with Crippen molar-refractivity contribution in [3.8, 4) is 5.75 Å². The predicted molar refractivity (Wildman–Crippen MR) is 74.9 cm³/mol. The first-order valence-electron chi connectivity index (χ1n) is 6.60. The molecule has 0 aliphatic carbocycles. The minimum atomic E-state index is 0.651. The molecule has 0 saturated carbocycles. The van der Waals surface area contributed by atoms with Gasteiger partial charge in [-0.15, -0.1) is 0 Å². The van der Waals surface area contributed by atoms with Crippen LogP contribution in [-0.4, -0.2) is 50.9 Å². The third-order valence-electron chi connectivity index (χ3n) is 3.54. The SMILES string of the molecule is CNc1ncnc(N2CCC(COC)CC2)c1OC. The third-order valence-corrected chi connectivity index (χ3v) is 3.54. The molecule has 0 radical (unpaired) electrons. The van der Waals surface area contributed by atoms with Gasteiger partial charge in [0.2, 0.25) is 5.75 Å². The summed E-state index contributed by atoms with van der Waals surface area (Å²) in [6, 6.07) is 0. The number of nitrogens with one attached hydrogen (secondary N) is 1. The molecule has 0 aromatic carbocycles. The molecule has 106 valence electrons. The fraction of sp³-hybridized carbons (Fsp3) is 0.692. The first kappa shape index (κ1) is 13.9. The summed E-state index contributed by atoms with van der Waals surface area (Å²) in [5, 5.41) is 3.03. The van der Waals surface area contributed by atoms with E-state index in [4.69, 9.17) is 9.47 Å². The maximum Gasteiger partial charge on any atom is 0.204 e. The van der Waals surface area contributed by atoms with Gasteiger partial charge in [0.25, 0.3) is 0 Å². The number of piperidine rings is 1. The number of hydrogen-bond donors (Lipinski definition) is 1. The van der Waals surface area contributed by atoms with Gasteiger partial charge >= 0.3 is 0 Å². The van der Waals surface area contributed by atoms with E-state index < -0.39 is 0 Å². The number of ether oxygens (including phenoxy) is 2. The van der Waals surface area contributed by atoms with Crippen molar-refractivity contribution < 1.29 is 9.47 Å². The number of anilines is 2. The van der Waals surface area contributed by atoms with Gasteiger partial charge in [0, 0.05) is 33.9 Å². The standard InChI is InChI=1S/C13H22N4O2/c1-14-12-11(19-3)13(16-9-15-12)17-6-4-10(5-7-17)8-18-2/h9-10H,4-8H2,1-3H3,(H,14,15,16). The van der Waals surface area contributed by atoms with Crippen LogP contribution in [0.5, 0.6) is 5.75 Å². The van der Waals surface area contributed by atoms with Crippen LogP contribution >= 0.6 is 0 Å². The fourth-order valence-corrected chi connectivity index (χ4v) is 2.50. The van der Waals surface area contributed by atoms with Crippen molar-refractivity contribution in [1.82, 2.24) is 9.97 Å². The number of aromatic nitrogens is 2. The molecule has 1 aliphatic rings. The van der Waals surface area contributed by atoms with Gasteiger partial charge in [-0.25, -0.2) is 9.97 Å². The van der Waals surface area contributed by atoms with Crippen molar-refractivity contribution in [2.75, 3.05) is 51.2 Å². The highest BCUT2D eigenvalue weighted by Gasteiger charge is 2.23. The minimum Gasteiger partial charge on any atom is -0.490 e. The van der Waals surface area contributed by atoms with Gasteiger partial charge in [-0.2, -0.15) is 0 Å². The number of nitrogens with zero attached hydrogens (tertiary/aromatic N) is 3. The molecule has 0 unspecified atom stereocenters. The second-order valence-corrected chi connectivity index (χ2v) is 4.71. The van der Waals surface area contributed by atoms with Crippen LogP contribution in [0.25, 0.3) is 0 Å². The number of hydrogen-bond acceptors (Lipinski definition) is 6. The molecule has 2 rings (SSSR count). The quantitative estimate of drug-likeness (QED) is 0.869. The Balaban J connectivity index is 2.11. The fourth-order valence-electron chi connectivity index (χ4n) is 2.50. The minimum absolute atomic E-state index is 0.651. The second kappa shape index (κ2) is 6.56. The zero-order valence-corrected chi connectivity index (χ0v) is 11.8. The maximum absolute atomic E-state index is 5.44. The normalized spacial score (nSPS) is 16.5. The van der Waals surface area contributed by atoms with Crippen molar-refractivity contribution >= 4 is 11.6 Å². The Hall–Kier alpha value is -1.56. The Bertz CT molecular complexity index is 406. The summed E-state index contributed by atoms with van der Waals surface area (Å²) in [5.41, 5.74) is 0. The van der Waals surface area contributed by atoms with Gasteiger partial charge in [-0.1, -0.05) is 0 Å². The largest absolute Gasteiger partial charge is 0.490 e. The molecule has 19 heavy (non-hydrogen) atoms. The lowest BCUT2D eigenvalue weighted by Gasteiger charge is -2.33. The van der Waals surface area contributed by atoms with Crippen LogP contribution < -0.4 is 15.0 Å². The van der Waals surface area contributed by atoms with Crippen molar-refractivity contribution in [3.63, 3.8) is 0 Å². The van der Waals surface area contributed by atoms with Crippen molar-refractivity contribution in [2.45, 2.75) is 12.8 Å². The summed E-state index contributed by atoms with van der Waals surface area (Å²) >= 11 is 0. The average Bonchev–Trinajstić information content (AvgIpc) is 2.47. The molecule has 0 bridgehead atoms. The average molecular weight is 266 g/mol. The Morgan fingerprint density at radius 3 is 2.63 bits per heavy atom. The van der Waals surface area contributed by atoms with Crippen molar-refractivity contribution in [2.24, 2.45) is 5.92 Å². The highest BCUT2D eigenvalue weighted by atomic mass is 16.5. The van der Waals surface area contributed by atoms with E-state index in [-0.39, 0.29) is 0 Å². The molecule has 6 nitrogen and oxygen atoms in total. The summed E-state index contributed by atoms with van der Waals surface area (Å²) < 4.78 is 10.7. The Morgan fingerprint density at radius 1 is 1.32 bits per heavy atom. The van der Waals surface area contributed by atoms with E-state index in [0.29, 0.717) is 5.92 Å². The van der Waals surface area contributed by atoms with Crippen LogP contribution in [0.1, 0.15) is 12.8 Å².